The fourth-order valence-corrected chi connectivity index (χ4v) is 4.36. The van der Waals surface area contributed by atoms with Gasteiger partial charge >= 0.3 is 0 Å². The molecule has 0 aliphatic rings. The zero-order valence-electron chi connectivity index (χ0n) is 14.6. The van der Waals surface area contributed by atoms with Crippen LogP contribution in [0.25, 0.3) is 32.7 Å². The van der Waals surface area contributed by atoms with Crippen molar-refractivity contribution in [3.05, 3.63) is 73.1 Å². The standard InChI is InChI=1S/C22H15N3OS/c1-26-14-10-11-20-17(12-14)21(15-6-2-5-9-19(15)25-20)27-22-16-7-3-4-8-18(16)23-13-24-22/h2-13H,1H3. The highest BCUT2D eigenvalue weighted by atomic mass is 32.2. The van der Waals surface area contributed by atoms with E-state index >= 15 is 0 Å². The number of pyridine rings is 1. The van der Waals surface area contributed by atoms with E-state index < -0.39 is 0 Å². The normalized spacial score (nSPS) is 11.3. The van der Waals surface area contributed by atoms with Crippen molar-refractivity contribution in [2.24, 2.45) is 0 Å². The van der Waals surface area contributed by atoms with Crippen molar-refractivity contribution >= 4 is 44.5 Å². The Kier molecular flexibility index (Phi) is 3.87. The number of benzene rings is 3. The number of aromatic nitrogens is 3. The monoisotopic (exact) mass is 369 g/mol. The summed E-state index contributed by atoms with van der Waals surface area (Å²) in [5, 5.41) is 4.13. The molecule has 0 saturated heterocycles. The number of rotatable bonds is 3. The lowest BCUT2D eigenvalue weighted by atomic mass is 10.1. The summed E-state index contributed by atoms with van der Waals surface area (Å²) >= 11 is 1.65. The zero-order valence-corrected chi connectivity index (χ0v) is 15.4. The fraction of sp³-hybridized carbons (Fsp3) is 0.0455. The molecule has 3 aromatic carbocycles. The topological polar surface area (TPSA) is 47.9 Å². The third-order valence-electron chi connectivity index (χ3n) is 4.54. The lowest BCUT2D eigenvalue weighted by molar-refractivity contribution is 0.415. The molecule has 0 saturated carbocycles. The maximum Gasteiger partial charge on any atom is 0.119 e. The molecule has 0 amide bonds. The summed E-state index contributed by atoms with van der Waals surface area (Å²) in [4.78, 5) is 14.9. The molecule has 27 heavy (non-hydrogen) atoms. The number of hydrogen-bond donors (Lipinski definition) is 0. The summed E-state index contributed by atoms with van der Waals surface area (Å²) in [5.74, 6) is 0.814. The predicted octanol–water partition coefficient (Wildman–Crippen LogP) is 5.49. The molecule has 130 valence electrons. The molecule has 5 heteroatoms. The second-order valence-corrected chi connectivity index (χ2v) is 7.14. The first kappa shape index (κ1) is 16.0. The Labute approximate surface area is 160 Å². The van der Waals surface area contributed by atoms with Gasteiger partial charge in [0.05, 0.1) is 23.7 Å². The summed E-state index contributed by atoms with van der Waals surface area (Å²) in [5.41, 5.74) is 2.85. The fourth-order valence-electron chi connectivity index (χ4n) is 3.23. The molecule has 2 heterocycles. The number of nitrogens with zero attached hydrogens (tertiary/aromatic N) is 3. The second-order valence-electron chi connectivity index (χ2n) is 6.14. The van der Waals surface area contributed by atoms with Gasteiger partial charge in [0.1, 0.15) is 17.1 Å². The van der Waals surface area contributed by atoms with Gasteiger partial charge in [-0.05, 0) is 30.3 Å². The van der Waals surface area contributed by atoms with Gasteiger partial charge in [0, 0.05) is 21.1 Å². The van der Waals surface area contributed by atoms with Crippen molar-refractivity contribution < 1.29 is 4.74 Å². The molecule has 5 aromatic rings. The van der Waals surface area contributed by atoms with Crippen molar-refractivity contribution in [2.45, 2.75) is 9.92 Å². The van der Waals surface area contributed by atoms with E-state index in [2.05, 4.69) is 22.1 Å². The molecule has 0 bridgehead atoms. The van der Waals surface area contributed by atoms with Crippen LogP contribution in [0.2, 0.25) is 0 Å². The quantitative estimate of drug-likeness (QED) is 0.311. The Bertz CT molecular complexity index is 1300. The summed E-state index contributed by atoms with van der Waals surface area (Å²) in [7, 11) is 1.68. The van der Waals surface area contributed by atoms with Crippen LogP contribution in [-0.4, -0.2) is 22.1 Å². The van der Waals surface area contributed by atoms with Gasteiger partial charge in [0.25, 0.3) is 0 Å². The Hall–Kier alpha value is -3.18. The van der Waals surface area contributed by atoms with Gasteiger partial charge in [-0.15, -0.1) is 0 Å². The summed E-state index contributed by atoms with van der Waals surface area (Å²) in [6.45, 7) is 0. The number of methoxy groups -OCH3 is 1. The van der Waals surface area contributed by atoms with Crippen LogP contribution in [0.3, 0.4) is 0 Å². The Morgan fingerprint density at radius 3 is 2.33 bits per heavy atom. The van der Waals surface area contributed by atoms with Crippen LogP contribution in [-0.2, 0) is 0 Å². The van der Waals surface area contributed by atoms with E-state index in [1.54, 1.807) is 25.2 Å². The number of hydrogen-bond acceptors (Lipinski definition) is 5. The molecule has 0 unspecified atom stereocenters. The molecule has 0 spiro atoms. The molecule has 0 N–H and O–H groups in total. The summed E-state index contributed by atoms with van der Waals surface area (Å²) in [6, 6.07) is 22.3. The summed E-state index contributed by atoms with van der Waals surface area (Å²) in [6.07, 6.45) is 1.62. The molecule has 0 atom stereocenters. The molecule has 4 nitrogen and oxygen atoms in total. The first-order chi connectivity index (χ1) is 13.3. The van der Waals surface area contributed by atoms with Gasteiger partial charge in [-0.25, -0.2) is 15.0 Å². The largest absolute Gasteiger partial charge is 0.497 e. The number of para-hydroxylation sites is 2. The SMILES string of the molecule is COc1ccc2nc3ccccc3c(Sc3ncnc4ccccc34)c2c1. The molecular weight excluding hydrogens is 354 g/mol. The lowest BCUT2D eigenvalue weighted by Gasteiger charge is -2.12. The first-order valence-corrected chi connectivity index (χ1v) is 9.39. The second kappa shape index (κ2) is 6.52. The van der Waals surface area contributed by atoms with Gasteiger partial charge in [-0.2, -0.15) is 0 Å². The van der Waals surface area contributed by atoms with E-state index in [1.807, 2.05) is 54.6 Å². The highest BCUT2D eigenvalue weighted by Gasteiger charge is 2.14. The van der Waals surface area contributed by atoms with Crippen LogP contribution in [0.4, 0.5) is 0 Å². The smallest absolute Gasteiger partial charge is 0.119 e. The molecule has 0 aliphatic carbocycles. The zero-order chi connectivity index (χ0) is 18.2. The van der Waals surface area contributed by atoms with E-state index in [0.717, 1.165) is 48.4 Å². The van der Waals surface area contributed by atoms with Gasteiger partial charge in [0.15, 0.2) is 0 Å². The Morgan fingerprint density at radius 2 is 1.48 bits per heavy atom. The minimum Gasteiger partial charge on any atom is -0.497 e. The van der Waals surface area contributed by atoms with Crippen molar-refractivity contribution in [1.29, 1.82) is 0 Å². The van der Waals surface area contributed by atoms with Gasteiger partial charge in [0.2, 0.25) is 0 Å². The molecule has 0 radical (unpaired) electrons. The average Bonchev–Trinajstić information content (AvgIpc) is 2.73. The predicted molar refractivity (Wildman–Crippen MR) is 109 cm³/mol. The molecule has 2 aromatic heterocycles. The van der Waals surface area contributed by atoms with E-state index in [0.29, 0.717) is 0 Å². The van der Waals surface area contributed by atoms with Crippen molar-refractivity contribution in [3.8, 4) is 5.75 Å². The van der Waals surface area contributed by atoms with Crippen LogP contribution < -0.4 is 4.74 Å². The van der Waals surface area contributed by atoms with Crippen molar-refractivity contribution in [3.63, 3.8) is 0 Å². The lowest BCUT2D eigenvalue weighted by Crippen LogP contribution is -1.91. The molecule has 5 rings (SSSR count). The molecule has 0 fully saturated rings. The van der Waals surface area contributed by atoms with E-state index in [9.17, 15) is 0 Å². The van der Waals surface area contributed by atoms with Crippen LogP contribution >= 0.6 is 11.8 Å². The first-order valence-electron chi connectivity index (χ1n) is 8.57. The third-order valence-corrected chi connectivity index (χ3v) is 5.71. The van der Waals surface area contributed by atoms with Gasteiger partial charge in [-0.1, -0.05) is 48.2 Å². The minimum absolute atomic E-state index is 0.814. The Balaban J connectivity index is 1.81. The van der Waals surface area contributed by atoms with E-state index in [1.165, 1.54) is 0 Å². The third kappa shape index (κ3) is 2.76. The molecule has 0 aliphatic heterocycles. The van der Waals surface area contributed by atoms with Crippen LogP contribution in [0.15, 0.2) is 83.0 Å². The van der Waals surface area contributed by atoms with Crippen LogP contribution in [0.1, 0.15) is 0 Å². The number of fused-ring (bicyclic) bond motifs is 3. The van der Waals surface area contributed by atoms with E-state index in [-0.39, 0.29) is 0 Å². The maximum atomic E-state index is 5.45. The highest BCUT2D eigenvalue weighted by molar-refractivity contribution is 8.00. The van der Waals surface area contributed by atoms with Crippen LogP contribution in [0.5, 0.6) is 5.75 Å². The van der Waals surface area contributed by atoms with Crippen LogP contribution in [0, 0.1) is 0 Å². The minimum atomic E-state index is 0.814. The maximum absolute atomic E-state index is 5.45. The van der Waals surface area contributed by atoms with Gasteiger partial charge < -0.3 is 4.74 Å². The molecular formula is C22H15N3OS. The number of ether oxygens (including phenoxy) is 1. The van der Waals surface area contributed by atoms with Crippen molar-refractivity contribution in [1.82, 2.24) is 15.0 Å². The van der Waals surface area contributed by atoms with E-state index in [4.69, 9.17) is 9.72 Å². The highest BCUT2D eigenvalue weighted by Crippen LogP contribution is 2.40. The Morgan fingerprint density at radius 1 is 0.741 bits per heavy atom. The van der Waals surface area contributed by atoms with Crippen molar-refractivity contribution in [2.75, 3.05) is 7.11 Å². The average molecular weight is 369 g/mol. The van der Waals surface area contributed by atoms with Gasteiger partial charge in [-0.3, -0.25) is 0 Å². The summed E-state index contributed by atoms with van der Waals surface area (Å²) < 4.78 is 5.45.